The Morgan fingerprint density at radius 2 is 1.81 bits per heavy atom. The highest BCUT2D eigenvalue weighted by molar-refractivity contribution is 7.92. The number of halogens is 2. The largest absolute Gasteiger partial charge is 0.481 e. The third-order valence-corrected chi connectivity index (χ3v) is 10.5. The summed E-state index contributed by atoms with van der Waals surface area (Å²) in [4.78, 5) is 27.7. The number of hydrogen-bond acceptors (Lipinski definition) is 4. The minimum atomic E-state index is -3.53. The van der Waals surface area contributed by atoms with Crippen molar-refractivity contribution in [3.8, 4) is 0 Å². The van der Waals surface area contributed by atoms with Gasteiger partial charge >= 0.3 is 5.97 Å². The van der Waals surface area contributed by atoms with Gasteiger partial charge in [-0.05, 0) is 61.2 Å². The highest BCUT2D eigenvalue weighted by Gasteiger charge is 2.56. The molecule has 0 aliphatic carbocycles. The van der Waals surface area contributed by atoms with Crippen LogP contribution in [0.25, 0.3) is 0 Å². The van der Waals surface area contributed by atoms with Crippen LogP contribution in [0.15, 0.2) is 42.5 Å². The lowest BCUT2D eigenvalue weighted by Gasteiger charge is -2.56. The van der Waals surface area contributed by atoms with E-state index in [0.29, 0.717) is 16.5 Å². The average molecular weight is 553 g/mol. The number of aliphatic carboxylic acids is 1. The van der Waals surface area contributed by atoms with Gasteiger partial charge in [0.2, 0.25) is 5.91 Å². The lowest BCUT2D eigenvalue weighted by Crippen LogP contribution is -2.60. The number of amides is 1. The average Bonchev–Trinajstić information content (AvgIpc) is 2.78. The van der Waals surface area contributed by atoms with E-state index in [1.807, 2.05) is 37.3 Å². The summed E-state index contributed by atoms with van der Waals surface area (Å²) in [5.74, 6) is -2.23. The van der Waals surface area contributed by atoms with Gasteiger partial charge in [-0.25, -0.2) is 8.42 Å². The first-order valence-corrected chi connectivity index (χ1v) is 14.5. The number of piperidine rings is 1. The van der Waals surface area contributed by atoms with E-state index in [4.69, 9.17) is 23.2 Å². The topological polar surface area (TPSA) is 91.8 Å². The fourth-order valence-corrected chi connectivity index (χ4v) is 7.56. The Morgan fingerprint density at radius 3 is 2.42 bits per heavy atom. The van der Waals surface area contributed by atoms with Crippen LogP contribution in [0.3, 0.4) is 0 Å². The summed E-state index contributed by atoms with van der Waals surface area (Å²) in [5.41, 5.74) is 1.48. The summed E-state index contributed by atoms with van der Waals surface area (Å²) in [6.45, 7) is 6.85. The van der Waals surface area contributed by atoms with Gasteiger partial charge in [0.25, 0.3) is 0 Å². The van der Waals surface area contributed by atoms with Gasteiger partial charge in [0, 0.05) is 21.9 Å². The lowest BCUT2D eigenvalue weighted by molar-refractivity contribution is -0.161. The van der Waals surface area contributed by atoms with Crippen LogP contribution >= 0.6 is 23.2 Å². The van der Waals surface area contributed by atoms with Crippen LogP contribution in [0.5, 0.6) is 0 Å². The molecule has 5 atom stereocenters. The van der Waals surface area contributed by atoms with Crippen molar-refractivity contribution in [1.82, 2.24) is 4.90 Å². The van der Waals surface area contributed by atoms with Gasteiger partial charge in [-0.1, -0.05) is 55.2 Å². The molecule has 1 fully saturated rings. The SMILES string of the molecule is CC1c2cc(Cl)ccc2[C@@H]2[C@@H](c3cccc(Cl)c3)C[C@](C)(CC(=O)O)C(=O)N2[C@@H]1CS(=O)(=O)C(C)C. The Morgan fingerprint density at radius 1 is 1.14 bits per heavy atom. The smallest absolute Gasteiger partial charge is 0.304 e. The molecule has 1 unspecified atom stereocenters. The number of carbonyl (C=O) groups excluding carboxylic acids is 1. The zero-order valence-electron chi connectivity index (χ0n) is 20.7. The summed E-state index contributed by atoms with van der Waals surface area (Å²) in [6.07, 6.45) is -0.0582. The second-order valence-corrected chi connectivity index (χ2v) is 14.1. The third-order valence-electron chi connectivity index (χ3n) is 7.83. The molecule has 194 valence electrons. The Labute approximate surface area is 222 Å². The van der Waals surface area contributed by atoms with E-state index < -0.39 is 38.6 Å². The van der Waals surface area contributed by atoms with Crippen molar-refractivity contribution >= 4 is 44.9 Å². The van der Waals surface area contributed by atoms with Crippen LogP contribution in [-0.4, -0.2) is 47.3 Å². The Hall–Kier alpha value is -2.09. The van der Waals surface area contributed by atoms with E-state index in [1.165, 1.54) is 0 Å². The van der Waals surface area contributed by atoms with E-state index in [2.05, 4.69) is 0 Å². The van der Waals surface area contributed by atoms with Crippen LogP contribution in [0.1, 0.15) is 75.1 Å². The molecular weight excluding hydrogens is 521 g/mol. The zero-order valence-corrected chi connectivity index (χ0v) is 23.1. The first kappa shape index (κ1) is 27.0. The number of benzene rings is 2. The van der Waals surface area contributed by atoms with E-state index in [1.54, 1.807) is 37.8 Å². The van der Waals surface area contributed by atoms with Crippen molar-refractivity contribution in [2.75, 3.05) is 5.75 Å². The first-order valence-electron chi connectivity index (χ1n) is 12.1. The fourth-order valence-electron chi connectivity index (χ4n) is 5.87. The summed E-state index contributed by atoms with van der Waals surface area (Å²) in [6, 6.07) is 11.8. The molecule has 2 aliphatic heterocycles. The highest BCUT2D eigenvalue weighted by atomic mass is 35.5. The van der Waals surface area contributed by atoms with Crippen molar-refractivity contribution in [3.63, 3.8) is 0 Å². The van der Waals surface area contributed by atoms with E-state index >= 15 is 0 Å². The second kappa shape index (κ2) is 9.66. The van der Waals surface area contributed by atoms with Gasteiger partial charge in [-0.2, -0.15) is 0 Å². The van der Waals surface area contributed by atoms with Gasteiger partial charge in [0.05, 0.1) is 34.9 Å². The summed E-state index contributed by atoms with van der Waals surface area (Å²) < 4.78 is 26.3. The molecule has 0 saturated carbocycles. The first-order chi connectivity index (χ1) is 16.7. The molecular formula is C27H31Cl2NO5S. The highest BCUT2D eigenvalue weighted by Crippen LogP contribution is 2.56. The molecule has 9 heteroatoms. The van der Waals surface area contributed by atoms with Crippen molar-refractivity contribution in [2.24, 2.45) is 5.41 Å². The standard InChI is InChI=1S/C27H31Cl2NO5S/c1-15(2)36(34,35)14-23-16(3)21-11-19(29)8-9-20(21)25-22(17-6-5-7-18(28)10-17)12-27(4,13-24(31)32)26(33)30(23)25/h5-11,15-16,22-23,25H,12-14H2,1-4H3,(H,31,32)/t16?,22-,23-,25-,27-/m1/s1. The number of carboxylic acids is 1. The van der Waals surface area contributed by atoms with Crippen LogP contribution in [0.4, 0.5) is 0 Å². The molecule has 36 heavy (non-hydrogen) atoms. The van der Waals surface area contributed by atoms with Gasteiger partial charge < -0.3 is 10.0 Å². The lowest BCUT2D eigenvalue weighted by atomic mass is 9.64. The molecule has 0 aromatic heterocycles. The molecule has 2 aliphatic rings. The van der Waals surface area contributed by atoms with Crippen LogP contribution < -0.4 is 0 Å². The molecule has 2 aromatic rings. The number of nitrogens with zero attached hydrogens (tertiary/aromatic N) is 1. The zero-order chi connectivity index (χ0) is 26.6. The van der Waals surface area contributed by atoms with Crippen LogP contribution in [-0.2, 0) is 19.4 Å². The molecule has 2 heterocycles. The quantitative estimate of drug-likeness (QED) is 0.486. The molecule has 0 spiro atoms. The number of sulfone groups is 1. The predicted molar refractivity (Wildman–Crippen MR) is 141 cm³/mol. The predicted octanol–water partition coefficient (Wildman–Crippen LogP) is 5.84. The normalized spacial score (nSPS) is 28.1. The molecule has 0 radical (unpaired) electrons. The van der Waals surface area contributed by atoms with Crippen molar-refractivity contribution < 1.29 is 23.1 Å². The molecule has 2 aromatic carbocycles. The summed E-state index contributed by atoms with van der Waals surface area (Å²) >= 11 is 12.7. The number of carbonyl (C=O) groups is 2. The molecule has 1 saturated heterocycles. The molecule has 4 rings (SSSR count). The maximum Gasteiger partial charge on any atom is 0.304 e. The van der Waals surface area contributed by atoms with Crippen LogP contribution in [0, 0.1) is 5.41 Å². The number of rotatable bonds is 6. The Kier molecular flexibility index (Phi) is 7.23. The van der Waals surface area contributed by atoms with Gasteiger partial charge in [-0.3, -0.25) is 9.59 Å². The summed E-state index contributed by atoms with van der Waals surface area (Å²) in [5, 5.41) is 10.2. The van der Waals surface area contributed by atoms with Crippen molar-refractivity contribution in [3.05, 3.63) is 69.2 Å². The monoisotopic (exact) mass is 551 g/mol. The van der Waals surface area contributed by atoms with E-state index in [-0.39, 0.29) is 29.9 Å². The van der Waals surface area contributed by atoms with Crippen LogP contribution in [0.2, 0.25) is 10.0 Å². The van der Waals surface area contributed by atoms with E-state index in [9.17, 15) is 23.1 Å². The second-order valence-electron chi connectivity index (χ2n) is 10.7. The number of fused-ring (bicyclic) bond motifs is 3. The maximum absolute atomic E-state index is 14.2. The Bertz CT molecular complexity index is 1310. The molecule has 6 nitrogen and oxygen atoms in total. The van der Waals surface area contributed by atoms with Crippen molar-refractivity contribution in [2.45, 2.75) is 69.7 Å². The molecule has 0 bridgehead atoms. The molecule has 1 amide bonds. The third kappa shape index (κ3) is 4.77. The molecule has 1 N–H and O–H groups in total. The maximum atomic E-state index is 14.2. The Balaban J connectivity index is 1.98. The number of carboxylic acid groups (broad SMARTS) is 1. The van der Waals surface area contributed by atoms with Gasteiger partial charge in [0.1, 0.15) is 0 Å². The fraction of sp³-hybridized carbons (Fsp3) is 0.481. The summed E-state index contributed by atoms with van der Waals surface area (Å²) in [7, 11) is -3.53. The van der Waals surface area contributed by atoms with Crippen molar-refractivity contribution in [1.29, 1.82) is 0 Å². The number of hydrogen-bond donors (Lipinski definition) is 1. The minimum absolute atomic E-state index is 0.217. The van der Waals surface area contributed by atoms with E-state index in [0.717, 1.165) is 16.7 Å². The van der Waals surface area contributed by atoms with Gasteiger partial charge in [0.15, 0.2) is 9.84 Å². The van der Waals surface area contributed by atoms with Gasteiger partial charge in [-0.15, -0.1) is 0 Å². The minimum Gasteiger partial charge on any atom is -0.481 e.